The number of aromatic carboxylic acids is 3. The van der Waals surface area contributed by atoms with Crippen LogP contribution in [0.4, 0.5) is 4.39 Å². The number of aromatic nitrogens is 4. The summed E-state index contributed by atoms with van der Waals surface area (Å²) in [6.45, 7) is 2.23. The second-order valence-electron chi connectivity index (χ2n) is 13.9. The number of carboxylic acids is 3. The van der Waals surface area contributed by atoms with Crippen molar-refractivity contribution < 1.29 is 62.7 Å². The zero-order valence-corrected chi connectivity index (χ0v) is 36.9. The number of carboxylic acid groups (broad SMARTS) is 3. The van der Waals surface area contributed by atoms with Gasteiger partial charge in [0.1, 0.15) is 28.7 Å². The average molecular weight is 970 g/mol. The fraction of sp³-hybridized carbons (Fsp3) is 0.152. The van der Waals surface area contributed by atoms with Gasteiger partial charge in [-0.15, -0.1) is 26.2 Å². The summed E-state index contributed by atoms with van der Waals surface area (Å²) in [4.78, 5) is 45.7. The van der Waals surface area contributed by atoms with Crippen LogP contribution in [-0.2, 0) is 25.9 Å². The summed E-state index contributed by atoms with van der Waals surface area (Å²) in [7, 11) is 0. The number of rotatable bonds is 15. The number of thiophene rings is 1. The van der Waals surface area contributed by atoms with Crippen LogP contribution in [0.3, 0.4) is 0 Å². The predicted molar refractivity (Wildman–Crippen MR) is 235 cm³/mol. The van der Waals surface area contributed by atoms with Crippen molar-refractivity contribution >= 4 is 64.6 Å². The van der Waals surface area contributed by atoms with Gasteiger partial charge in [-0.2, -0.15) is 5.26 Å². The van der Waals surface area contributed by atoms with E-state index in [0.29, 0.717) is 22.6 Å². The number of aryl methyl sites for hydroxylation is 1. The summed E-state index contributed by atoms with van der Waals surface area (Å²) in [5.41, 5.74) is 11.0. The third-order valence-corrected chi connectivity index (χ3v) is 11.5. The molecule has 63 heavy (non-hydrogen) atoms. The zero-order chi connectivity index (χ0) is 44.3. The van der Waals surface area contributed by atoms with Gasteiger partial charge in [-0.1, -0.05) is 32.3 Å². The molecule has 0 bridgehead atoms. The second-order valence-corrected chi connectivity index (χ2v) is 15.9. The largest absolute Gasteiger partial charge is 1.00 e. The van der Waals surface area contributed by atoms with Gasteiger partial charge in [-0.05, 0) is 96.8 Å². The number of unbranched alkanes of at least 4 members (excludes halogenated alkanes) is 3. The van der Waals surface area contributed by atoms with Gasteiger partial charge in [-0.25, -0.2) is 23.8 Å². The van der Waals surface area contributed by atoms with Gasteiger partial charge in [0.05, 0.1) is 22.4 Å². The molecule has 1 aliphatic rings. The maximum Gasteiger partial charge on any atom is 1.00 e. The van der Waals surface area contributed by atoms with E-state index in [1.54, 1.807) is 15.3 Å². The number of benzene rings is 1. The van der Waals surface area contributed by atoms with Crippen molar-refractivity contribution in [3.8, 4) is 28.2 Å². The monoisotopic (exact) mass is 970 g/mol. The quantitative estimate of drug-likeness (QED) is 0.0251. The van der Waals surface area contributed by atoms with Gasteiger partial charge in [0, 0.05) is 52.1 Å². The fourth-order valence-electron chi connectivity index (χ4n) is 6.54. The van der Waals surface area contributed by atoms with E-state index in [1.165, 1.54) is 115 Å². The number of thioether (sulfide) groups is 1. The minimum absolute atomic E-state index is 0. The molecule has 7 rings (SSSR count). The molecule has 0 amide bonds. The van der Waals surface area contributed by atoms with Crippen LogP contribution in [0.15, 0.2) is 110 Å². The Labute approximate surface area is 383 Å². The van der Waals surface area contributed by atoms with Gasteiger partial charge in [-0.3, -0.25) is 4.98 Å². The van der Waals surface area contributed by atoms with Crippen LogP contribution >= 0.6 is 23.1 Å². The molecule has 0 spiro atoms. The summed E-state index contributed by atoms with van der Waals surface area (Å²) < 4.78 is 16.3. The second kappa shape index (κ2) is 21.9. The molecule has 1 aromatic carbocycles. The summed E-state index contributed by atoms with van der Waals surface area (Å²) in [6, 6.07) is 21.9. The first-order valence-corrected chi connectivity index (χ1v) is 20.9. The standard InChI is InChI=1S/C26H27FN3S.C20H10N4O6S.Ru/c1-2-3-4-5-6-22-13-14-23(31-22)12-7-19-15-16-30-26(17-19)25(29)18-24(28)20-8-10-21(27)11-9-20;21-9-31-20-23-4-2-11(18(27)28)6-15(23)16-8-12(19(29)30)7-14(24(16)20)13-5-10(17(25)26)1-3-22-13;/h7-18,28-29H,2-6H2,1H3;1-8,20H,(H-2,25,26,27,28,29,30);/q-1;;+1/p+2/b12-7+,25-18-,28-24?;;/t;20-;/m.0./s1. The number of hydrogen-bond acceptors (Lipinski definition) is 9. The van der Waals surface area contributed by atoms with Crippen LogP contribution in [0.25, 0.3) is 46.4 Å². The number of nitrogens with zero attached hydrogens (tertiary/aromatic N) is 5. The van der Waals surface area contributed by atoms with Crippen LogP contribution < -0.4 is 9.13 Å². The van der Waals surface area contributed by atoms with E-state index in [1.807, 2.05) is 34.9 Å². The molecule has 1 aliphatic heterocycles. The number of allylic oxidation sites excluding steroid dienone is 1. The maximum absolute atomic E-state index is 13.1. The number of nitriles is 1. The zero-order valence-electron chi connectivity index (χ0n) is 33.5. The first-order valence-electron chi connectivity index (χ1n) is 19.2. The Kier molecular flexibility index (Phi) is 16.4. The Bertz CT molecular complexity index is 2790. The molecule has 6 aromatic rings. The van der Waals surface area contributed by atoms with Crippen molar-refractivity contribution in [3.05, 3.63) is 164 Å². The minimum atomic E-state index is -1.23. The molecule has 6 heterocycles. The predicted octanol–water partition coefficient (Wildman–Crippen LogP) is 9.65. The Morgan fingerprint density at radius 1 is 0.841 bits per heavy atom. The number of nitrogens with one attached hydrogen (secondary N) is 2. The number of hydrogen-bond donors (Lipinski definition) is 4. The smallest absolute Gasteiger partial charge is 0.697 e. The molecule has 1 radical (unpaired) electrons. The number of halogens is 1. The van der Waals surface area contributed by atoms with Crippen LogP contribution in [-0.4, -0.2) is 48.9 Å². The van der Waals surface area contributed by atoms with Gasteiger partial charge < -0.3 is 26.5 Å². The SMILES string of the molecule is CCCCCCc1ccc(/C=C/c2ccnc(/C([NH-])=C/C(=N)c3ccc(F)cc3)c2)s1.N#CS[C@H]1[n+]2ccc(C(=O)O)cc2-c2cc(C(=O)O)cc(-c3cc(C(=O)O)ccn3)[n+]21.[Ru+]. The molecule has 0 saturated heterocycles. The molecule has 0 aliphatic carbocycles. The Balaban J connectivity index is 0.000000234. The normalized spacial score (nSPS) is 12.6. The van der Waals surface area contributed by atoms with Gasteiger partial charge in [0.2, 0.25) is 5.69 Å². The van der Waals surface area contributed by atoms with E-state index in [0.717, 1.165) is 23.7 Å². The van der Waals surface area contributed by atoms with E-state index in [4.69, 9.17) is 11.1 Å². The molecule has 17 heteroatoms. The van der Waals surface area contributed by atoms with E-state index < -0.39 is 23.4 Å². The Hall–Kier alpha value is -6.73. The molecular weight excluding hydrogens is 931 g/mol. The van der Waals surface area contributed by atoms with E-state index >= 15 is 0 Å². The molecule has 5 N–H and O–H groups in total. The molecule has 13 nitrogen and oxygen atoms in total. The third-order valence-electron chi connectivity index (χ3n) is 9.63. The van der Waals surface area contributed by atoms with Crippen molar-refractivity contribution in [1.29, 1.82) is 10.7 Å². The molecule has 0 saturated carbocycles. The average Bonchev–Trinajstić information content (AvgIpc) is 3.86. The summed E-state index contributed by atoms with van der Waals surface area (Å²) in [5, 5.41) is 47.8. The molecular formula is C46H39FN7O6RuS2+2. The fourth-order valence-corrected chi connectivity index (χ4v) is 8.22. The number of carbonyl (C=O) groups is 3. The van der Waals surface area contributed by atoms with Crippen LogP contribution in [0.5, 0.6) is 0 Å². The van der Waals surface area contributed by atoms with Crippen molar-refractivity contribution in [3.63, 3.8) is 0 Å². The minimum Gasteiger partial charge on any atom is -0.697 e. The van der Waals surface area contributed by atoms with E-state index in [-0.39, 0.29) is 64.8 Å². The van der Waals surface area contributed by atoms with Crippen molar-refractivity contribution in [2.24, 2.45) is 0 Å². The third kappa shape index (κ3) is 11.8. The van der Waals surface area contributed by atoms with Crippen LogP contribution in [0, 0.1) is 21.9 Å². The Morgan fingerprint density at radius 2 is 1.52 bits per heavy atom. The number of fused-ring (bicyclic) bond motifs is 3. The first kappa shape index (κ1) is 47.3. The molecule has 5 aromatic heterocycles. The Morgan fingerprint density at radius 3 is 2.22 bits per heavy atom. The number of thiocyanates is 1. The van der Waals surface area contributed by atoms with Crippen LogP contribution in [0.2, 0.25) is 0 Å². The number of pyridine rings is 4. The summed E-state index contributed by atoms with van der Waals surface area (Å²) in [5.74, 6) is -3.90. The van der Waals surface area contributed by atoms with Gasteiger partial charge >= 0.3 is 42.9 Å². The summed E-state index contributed by atoms with van der Waals surface area (Å²) >= 11 is 2.69. The van der Waals surface area contributed by atoms with Gasteiger partial charge in [0.25, 0.3) is 11.4 Å². The van der Waals surface area contributed by atoms with Crippen LogP contribution in [0.1, 0.15) is 95.8 Å². The maximum atomic E-state index is 13.1. The van der Waals surface area contributed by atoms with Gasteiger partial charge in [0.15, 0.2) is 6.20 Å². The summed E-state index contributed by atoms with van der Waals surface area (Å²) in [6.07, 6.45) is 16.3. The topological polar surface area (TPSA) is 217 Å². The molecule has 319 valence electrons. The van der Waals surface area contributed by atoms with E-state index in [9.17, 15) is 39.4 Å². The first-order chi connectivity index (χ1) is 29.9. The van der Waals surface area contributed by atoms with Crippen molar-refractivity contribution in [2.45, 2.75) is 44.5 Å². The van der Waals surface area contributed by atoms with E-state index in [2.05, 4.69) is 35.1 Å². The molecule has 0 fully saturated rings. The molecule has 0 unspecified atom stereocenters. The van der Waals surface area contributed by atoms with Crippen molar-refractivity contribution in [1.82, 2.24) is 9.97 Å². The van der Waals surface area contributed by atoms with Crippen molar-refractivity contribution in [2.75, 3.05) is 0 Å². The molecule has 1 atom stereocenters.